The van der Waals surface area contributed by atoms with Gasteiger partial charge in [-0.15, -0.1) is 0 Å². The smallest absolute Gasteiger partial charge is 0.407 e. The van der Waals surface area contributed by atoms with Gasteiger partial charge >= 0.3 is 11.8 Å². The number of ether oxygens (including phenoxy) is 2. The largest absolute Gasteiger partial charge is 0.444 e. The number of nitrogens with one attached hydrogen (secondary N) is 2. The van der Waals surface area contributed by atoms with Crippen molar-refractivity contribution in [3.05, 3.63) is 34.2 Å². The van der Waals surface area contributed by atoms with E-state index < -0.39 is 23.6 Å². The molecule has 0 bridgehead atoms. The molecule has 11 heteroatoms. The van der Waals surface area contributed by atoms with Crippen LogP contribution in [0.5, 0.6) is 0 Å². The third kappa shape index (κ3) is 6.25. The average Bonchev–Trinajstić information content (AvgIpc) is 3.14. The molecule has 218 valence electrons. The Morgan fingerprint density at radius 3 is 2.48 bits per heavy atom. The maximum atomic E-state index is 13.1. The first-order chi connectivity index (χ1) is 19.0. The summed E-state index contributed by atoms with van der Waals surface area (Å²) in [6, 6.07) is 5.41. The number of imidazole rings is 1. The number of alkyl carbamates (subject to hydrolysis) is 1. The summed E-state index contributed by atoms with van der Waals surface area (Å²) < 4.78 is 14.6. The Labute approximate surface area is 234 Å². The molecular formula is C29H41N5O6. The molecule has 2 aromatic rings. The molecule has 1 unspecified atom stereocenters. The van der Waals surface area contributed by atoms with Crippen LogP contribution in [-0.2, 0) is 26.1 Å². The molecule has 3 atom stereocenters. The van der Waals surface area contributed by atoms with Crippen molar-refractivity contribution in [3.8, 4) is 0 Å². The maximum absolute atomic E-state index is 13.1. The number of carbonyl (C=O) groups is 3. The van der Waals surface area contributed by atoms with E-state index in [1.165, 1.54) is 10.1 Å². The summed E-state index contributed by atoms with van der Waals surface area (Å²) in [4.78, 5) is 51.6. The van der Waals surface area contributed by atoms with E-state index in [0.717, 1.165) is 56.4 Å². The maximum Gasteiger partial charge on any atom is 0.407 e. The molecule has 3 saturated heterocycles. The van der Waals surface area contributed by atoms with Crippen molar-refractivity contribution in [2.24, 2.45) is 7.05 Å². The molecule has 5 rings (SSSR count). The summed E-state index contributed by atoms with van der Waals surface area (Å²) >= 11 is 0. The van der Waals surface area contributed by atoms with Crippen molar-refractivity contribution in [3.63, 3.8) is 0 Å². The van der Waals surface area contributed by atoms with Gasteiger partial charge in [-0.2, -0.15) is 0 Å². The van der Waals surface area contributed by atoms with E-state index in [-0.39, 0.29) is 30.2 Å². The van der Waals surface area contributed by atoms with Gasteiger partial charge in [0.2, 0.25) is 11.8 Å². The molecule has 3 fully saturated rings. The topological polar surface area (TPSA) is 124 Å². The van der Waals surface area contributed by atoms with Crippen LogP contribution in [0.4, 0.5) is 4.79 Å². The van der Waals surface area contributed by atoms with Gasteiger partial charge in [0.25, 0.3) is 0 Å². The summed E-state index contributed by atoms with van der Waals surface area (Å²) in [7, 11) is 1.73. The Bertz CT molecular complexity index is 1320. The quantitative estimate of drug-likeness (QED) is 0.544. The van der Waals surface area contributed by atoms with Gasteiger partial charge in [-0.3, -0.25) is 24.0 Å². The highest BCUT2D eigenvalue weighted by Crippen LogP contribution is 2.32. The number of likely N-dealkylation sites (tertiary alicyclic amines) is 1. The Morgan fingerprint density at radius 1 is 1.07 bits per heavy atom. The van der Waals surface area contributed by atoms with Crippen molar-refractivity contribution in [1.29, 1.82) is 0 Å². The standard InChI is InChI=1S/C29H41N5O6/c1-29(2,3)40-27(37)30-20-6-7-21(39-17-20)16-33-13-11-18(12-14-33)19-5-8-22-24(15-19)32(4)28(38)34(22)23-9-10-25(35)31-26(23)36/h5,8,15,18,20-21,23H,6-7,9-14,16-17H2,1-4H3,(H,30,37)(H,31,35,36)/t20-,21+,23?/m1/s1. The molecule has 0 aliphatic carbocycles. The number of amides is 3. The van der Waals surface area contributed by atoms with Crippen LogP contribution in [0.2, 0.25) is 0 Å². The van der Waals surface area contributed by atoms with Crippen LogP contribution in [0.25, 0.3) is 11.0 Å². The van der Waals surface area contributed by atoms with Crippen LogP contribution in [0.1, 0.15) is 76.8 Å². The molecule has 1 aromatic heterocycles. The van der Waals surface area contributed by atoms with Gasteiger partial charge in [-0.05, 0) is 89.6 Å². The lowest BCUT2D eigenvalue weighted by Crippen LogP contribution is -2.47. The van der Waals surface area contributed by atoms with Crippen LogP contribution < -0.4 is 16.3 Å². The summed E-state index contributed by atoms with van der Waals surface area (Å²) in [6.45, 7) is 8.88. The highest BCUT2D eigenvalue weighted by atomic mass is 16.6. The minimum absolute atomic E-state index is 0.0208. The van der Waals surface area contributed by atoms with Crippen LogP contribution in [0.3, 0.4) is 0 Å². The predicted molar refractivity (Wildman–Crippen MR) is 149 cm³/mol. The molecule has 1 aromatic carbocycles. The van der Waals surface area contributed by atoms with Gasteiger partial charge in [0.1, 0.15) is 11.6 Å². The molecule has 0 radical (unpaired) electrons. The number of aromatic nitrogens is 2. The van der Waals surface area contributed by atoms with E-state index in [1.807, 2.05) is 26.8 Å². The second-order valence-corrected chi connectivity index (χ2v) is 12.4. The van der Waals surface area contributed by atoms with Gasteiger partial charge in [-0.1, -0.05) is 6.07 Å². The Morgan fingerprint density at radius 2 is 1.82 bits per heavy atom. The fourth-order valence-corrected chi connectivity index (χ4v) is 6.14. The van der Waals surface area contributed by atoms with Crippen LogP contribution in [0, 0.1) is 0 Å². The number of aryl methyl sites for hydroxylation is 1. The van der Waals surface area contributed by atoms with Gasteiger partial charge < -0.3 is 19.7 Å². The molecule has 0 spiro atoms. The Balaban J connectivity index is 1.14. The highest BCUT2D eigenvalue weighted by Gasteiger charge is 2.32. The van der Waals surface area contributed by atoms with Crippen molar-refractivity contribution >= 4 is 28.9 Å². The van der Waals surface area contributed by atoms with E-state index in [1.54, 1.807) is 11.6 Å². The summed E-state index contributed by atoms with van der Waals surface area (Å²) in [5.74, 6) is -0.318. The van der Waals surface area contributed by atoms with E-state index in [0.29, 0.717) is 18.9 Å². The molecular weight excluding hydrogens is 514 g/mol. The molecule has 0 saturated carbocycles. The summed E-state index contributed by atoms with van der Waals surface area (Å²) in [5, 5.41) is 5.27. The predicted octanol–water partition coefficient (Wildman–Crippen LogP) is 2.57. The number of rotatable bonds is 5. The minimum Gasteiger partial charge on any atom is -0.444 e. The number of imide groups is 1. The van der Waals surface area contributed by atoms with E-state index in [2.05, 4.69) is 27.7 Å². The summed E-state index contributed by atoms with van der Waals surface area (Å²) in [6.07, 6.45) is 4.12. The zero-order chi connectivity index (χ0) is 28.6. The van der Waals surface area contributed by atoms with Gasteiger partial charge in [0.15, 0.2) is 0 Å². The highest BCUT2D eigenvalue weighted by molar-refractivity contribution is 6.00. The molecule has 3 aliphatic heterocycles. The molecule has 3 amide bonds. The third-order valence-electron chi connectivity index (χ3n) is 8.25. The van der Waals surface area contributed by atoms with Crippen molar-refractivity contribution in [2.45, 2.75) is 89.0 Å². The normalized spacial score (nSPS) is 25.1. The number of carbonyl (C=O) groups excluding carboxylic acids is 3. The third-order valence-corrected chi connectivity index (χ3v) is 8.25. The van der Waals surface area contributed by atoms with Gasteiger partial charge in [0, 0.05) is 20.0 Å². The molecule has 11 nitrogen and oxygen atoms in total. The lowest BCUT2D eigenvalue weighted by molar-refractivity contribution is -0.135. The first kappa shape index (κ1) is 28.4. The van der Waals surface area contributed by atoms with Gasteiger partial charge in [-0.25, -0.2) is 9.59 Å². The molecule has 4 heterocycles. The lowest BCUT2D eigenvalue weighted by atomic mass is 9.89. The SMILES string of the molecule is Cn1c(=O)n(C2CCC(=O)NC2=O)c2ccc(C3CCN(C[C@@H]4CC[C@@H](NC(=O)OC(C)(C)C)CO4)CC3)cc21. The van der Waals surface area contributed by atoms with E-state index in [4.69, 9.17) is 9.47 Å². The zero-order valence-electron chi connectivity index (χ0n) is 23.9. The number of hydrogen-bond acceptors (Lipinski definition) is 7. The lowest BCUT2D eigenvalue weighted by Gasteiger charge is -2.37. The van der Waals surface area contributed by atoms with Crippen molar-refractivity contribution < 1.29 is 23.9 Å². The monoisotopic (exact) mass is 555 g/mol. The van der Waals surface area contributed by atoms with Crippen LogP contribution in [0.15, 0.2) is 23.0 Å². The number of piperidine rings is 2. The van der Waals surface area contributed by atoms with E-state index in [9.17, 15) is 19.2 Å². The number of hydrogen-bond donors (Lipinski definition) is 2. The Hall–Kier alpha value is -3.18. The second-order valence-electron chi connectivity index (χ2n) is 12.4. The first-order valence-corrected chi connectivity index (χ1v) is 14.4. The van der Waals surface area contributed by atoms with Crippen molar-refractivity contribution in [2.75, 3.05) is 26.2 Å². The van der Waals surface area contributed by atoms with Crippen molar-refractivity contribution in [1.82, 2.24) is 24.7 Å². The Kier molecular flexibility index (Phi) is 8.05. The zero-order valence-corrected chi connectivity index (χ0v) is 23.9. The number of benzene rings is 1. The van der Waals surface area contributed by atoms with Crippen LogP contribution >= 0.6 is 0 Å². The second kappa shape index (κ2) is 11.4. The van der Waals surface area contributed by atoms with E-state index >= 15 is 0 Å². The molecule has 2 N–H and O–H groups in total. The number of nitrogens with zero attached hydrogens (tertiary/aromatic N) is 3. The minimum atomic E-state index is -0.673. The molecule has 40 heavy (non-hydrogen) atoms. The fraction of sp³-hybridized carbons (Fsp3) is 0.655. The summed E-state index contributed by atoms with van der Waals surface area (Å²) in [5.41, 5.74) is 1.97. The van der Waals surface area contributed by atoms with Crippen LogP contribution in [-0.4, -0.2) is 75.9 Å². The molecule has 3 aliphatic rings. The number of fused-ring (bicyclic) bond motifs is 1. The first-order valence-electron chi connectivity index (χ1n) is 14.4. The fourth-order valence-electron chi connectivity index (χ4n) is 6.14. The van der Waals surface area contributed by atoms with Gasteiger partial charge in [0.05, 0.1) is 29.8 Å². The average molecular weight is 556 g/mol.